The summed E-state index contributed by atoms with van der Waals surface area (Å²) < 4.78 is 7.22. The van der Waals surface area contributed by atoms with Gasteiger partial charge in [-0.25, -0.2) is 0 Å². The largest absolute Gasteiger partial charge is 0.497 e. The van der Waals surface area contributed by atoms with E-state index >= 15 is 0 Å². The number of aryl methyl sites for hydroxylation is 3. The van der Waals surface area contributed by atoms with Gasteiger partial charge in [-0.05, 0) is 43.7 Å². The van der Waals surface area contributed by atoms with Gasteiger partial charge in [-0.3, -0.25) is 14.5 Å². The number of piperazine rings is 1. The van der Waals surface area contributed by atoms with Crippen LogP contribution in [-0.4, -0.2) is 64.9 Å². The first-order valence-electron chi connectivity index (χ1n) is 11.5. The molecule has 0 amide bonds. The van der Waals surface area contributed by atoms with E-state index in [1.165, 1.54) is 16.8 Å². The zero-order valence-electron chi connectivity index (χ0n) is 19.8. The van der Waals surface area contributed by atoms with Crippen molar-refractivity contribution in [3.8, 4) is 5.75 Å². The third-order valence-corrected chi connectivity index (χ3v) is 6.59. The predicted octanol–water partition coefficient (Wildman–Crippen LogP) is 3.69. The van der Waals surface area contributed by atoms with E-state index in [2.05, 4.69) is 36.9 Å². The smallest absolute Gasteiger partial charge is 0.325 e. The van der Waals surface area contributed by atoms with Crippen molar-refractivity contribution < 1.29 is 24.5 Å². The predicted molar refractivity (Wildman–Crippen MR) is 131 cm³/mol. The molecule has 2 heterocycles. The Morgan fingerprint density at radius 3 is 2.38 bits per heavy atom. The minimum atomic E-state index is -0.917. The number of methoxy groups -OCH3 is 1. The molecule has 0 bridgehead atoms. The third-order valence-electron chi connectivity index (χ3n) is 6.59. The maximum atomic E-state index is 12.5. The van der Waals surface area contributed by atoms with Crippen LogP contribution in [0.2, 0.25) is 0 Å². The van der Waals surface area contributed by atoms with E-state index in [1.807, 2.05) is 27.7 Å². The standard InChI is InChI=1S/C26H31N3O5/c1-17-4-6-22(18(2)14-17)27-10-12-28(13-11-27)25(26(32)33)21-16-29(9-8-24(30)31)23-7-5-19(34-3)15-20(21)23/h4-7,14-16,25H,8-13H2,1-3H3,(H,30,31)(H,32,33). The van der Waals surface area contributed by atoms with Crippen LogP contribution in [0.5, 0.6) is 5.75 Å². The fourth-order valence-electron chi connectivity index (χ4n) is 4.92. The molecular weight excluding hydrogens is 434 g/mol. The zero-order chi connectivity index (χ0) is 24.4. The Balaban J connectivity index is 1.64. The molecular formula is C26H31N3O5. The summed E-state index contributed by atoms with van der Waals surface area (Å²) in [6.07, 6.45) is 1.75. The molecule has 1 fully saturated rings. The summed E-state index contributed by atoms with van der Waals surface area (Å²) in [6.45, 7) is 7.13. The van der Waals surface area contributed by atoms with Gasteiger partial charge in [0, 0.05) is 61.1 Å². The van der Waals surface area contributed by atoms with Crippen molar-refractivity contribution >= 4 is 28.5 Å². The molecule has 1 aliphatic heterocycles. The van der Waals surface area contributed by atoms with E-state index in [0.717, 1.165) is 24.0 Å². The van der Waals surface area contributed by atoms with Crippen molar-refractivity contribution in [1.82, 2.24) is 9.47 Å². The lowest BCUT2D eigenvalue weighted by Gasteiger charge is -2.39. The van der Waals surface area contributed by atoms with E-state index < -0.39 is 18.0 Å². The van der Waals surface area contributed by atoms with Crippen LogP contribution >= 0.6 is 0 Å². The lowest BCUT2D eigenvalue weighted by Crippen LogP contribution is -2.49. The highest BCUT2D eigenvalue weighted by atomic mass is 16.5. The highest BCUT2D eigenvalue weighted by molar-refractivity contribution is 5.90. The number of hydrogen-bond acceptors (Lipinski definition) is 5. The maximum Gasteiger partial charge on any atom is 0.325 e. The summed E-state index contributed by atoms with van der Waals surface area (Å²) in [5.41, 5.74) is 5.09. The monoisotopic (exact) mass is 465 g/mol. The van der Waals surface area contributed by atoms with Gasteiger partial charge in [0.15, 0.2) is 0 Å². The SMILES string of the molecule is COc1ccc2c(c1)c(C(C(=O)O)N1CCN(c3ccc(C)cc3C)CC1)cn2CCC(=O)O. The van der Waals surface area contributed by atoms with Crippen LogP contribution in [-0.2, 0) is 16.1 Å². The number of hydrogen-bond donors (Lipinski definition) is 2. The fourth-order valence-corrected chi connectivity index (χ4v) is 4.92. The number of aliphatic carboxylic acids is 2. The first kappa shape index (κ1) is 23.6. The van der Waals surface area contributed by atoms with E-state index in [1.54, 1.807) is 13.3 Å². The van der Waals surface area contributed by atoms with Crippen molar-refractivity contribution in [2.24, 2.45) is 0 Å². The van der Waals surface area contributed by atoms with Crippen molar-refractivity contribution in [3.05, 3.63) is 59.3 Å². The van der Waals surface area contributed by atoms with Gasteiger partial charge in [0.05, 0.1) is 13.5 Å². The molecule has 1 aliphatic rings. The normalized spacial score (nSPS) is 15.4. The Morgan fingerprint density at radius 1 is 1.03 bits per heavy atom. The zero-order valence-corrected chi connectivity index (χ0v) is 19.8. The van der Waals surface area contributed by atoms with Crippen LogP contribution in [0.15, 0.2) is 42.6 Å². The number of benzene rings is 2. The number of anilines is 1. The molecule has 2 aromatic carbocycles. The lowest BCUT2D eigenvalue weighted by atomic mass is 10.0. The first-order valence-corrected chi connectivity index (χ1v) is 11.5. The molecule has 0 saturated carbocycles. The maximum absolute atomic E-state index is 12.5. The van der Waals surface area contributed by atoms with Crippen LogP contribution in [0.4, 0.5) is 5.69 Å². The highest BCUT2D eigenvalue weighted by Crippen LogP contribution is 2.34. The molecule has 1 saturated heterocycles. The number of nitrogens with zero attached hydrogens (tertiary/aromatic N) is 3. The van der Waals surface area contributed by atoms with Crippen LogP contribution in [0.25, 0.3) is 10.9 Å². The molecule has 34 heavy (non-hydrogen) atoms. The Bertz CT molecular complexity index is 1210. The molecule has 180 valence electrons. The molecule has 1 atom stereocenters. The number of carbonyl (C=O) groups is 2. The summed E-state index contributed by atoms with van der Waals surface area (Å²) in [7, 11) is 1.57. The van der Waals surface area contributed by atoms with Gasteiger partial charge in [-0.15, -0.1) is 0 Å². The molecule has 2 N–H and O–H groups in total. The molecule has 1 unspecified atom stereocenters. The minimum Gasteiger partial charge on any atom is -0.497 e. The molecule has 4 rings (SSSR count). The van der Waals surface area contributed by atoms with Crippen molar-refractivity contribution in [2.45, 2.75) is 32.9 Å². The van der Waals surface area contributed by atoms with Crippen molar-refractivity contribution in [1.29, 1.82) is 0 Å². The van der Waals surface area contributed by atoms with Gasteiger partial charge < -0.3 is 24.4 Å². The van der Waals surface area contributed by atoms with E-state index in [4.69, 9.17) is 9.84 Å². The Morgan fingerprint density at radius 2 is 1.76 bits per heavy atom. The summed E-state index contributed by atoms with van der Waals surface area (Å²) in [5.74, 6) is -1.18. The summed E-state index contributed by atoms with van der Waals surface area (Å²) >= 11 is 0. The lowest BCUT2D eigenvalue weighted by molar-refractivity contribution is -0.143. The summed E-state index contributed by atoms with van der Waals surface area (Å²) in [6, 6.07) is 11.1. The number of rotatable bonds is 8. The minimum absolute atomic E-state index is 0.0401. The van der Waals surface area contributed by atoms with Gasteiger partial charge >= 0.3 is 11.9 Å². The highest BCUT2D eigenvalue weighted by Gasteiger charge is 2.33. The molecule has 0 aliphatic carbocycles. The van der Waals surface area contributed by atoms with E-state index in [9.17, 15) is 14.7 Å². The Kier molecular flexibility index (Phi) is 6.79. The Hall–Kier alpha value is -3.52. The second kappa shape index (κ2) is 9.77. The molecule has 0 spiro atoms. The average molecular weight is 466 g/mol. The number of fused-ring (bicyclic) bond motifs is 1. The second-order valence-electron chi connectivity index (χ2n) is 8.86. The van der Waals surface area contributed by atoms with Crippen LogP contribution in [0, 0.1) is 13.8 Å². The second-order valence-corrected chi connectivity index (χ2v) is 8.86. The topological polar surface area (TPSA) is 95.2 Å². The molecule has 0 radical (unpaired) electrons. The van der Waals surface area contributed by atoms with Gasteiger partial charge in [-0.2, -0.15) is 0 Å². The van der Waals surface area contributed by atoms with E-state index in [0.29, 0.717) is 24.4 Å². The van der Waals surface area contributed by atoms with Gasteiger partial charge in [0.1, 0.15) is 11.8 Å². The fraction of sp³-hybridized carbons (Fsp3) is 0.385. The van der Waals surface area contributed by atoms with Crippen molar-refractivity contribution in [2.75, 3.05) is 38.2 Å². The van der Waals surface area contributed by atoms with Crippen LogP contribution < -0.4 is 9.64 Å². The molecule has 8 nitrogen and oxygen atoms in total. The number of aromatic nitrogens is 1. The number of carboxylic acid groups (broad SMARTS) is 2. The third kappa shape index (κ3) is 4.72. The first-order chi connectivity index (χ1) is 16.3. The van der Waals surface area contributed by atoms with Crippen LogP contribution in [0.3, 0.4) is 0 Å². The number of carboxylic acids is 2. The molecule has 1 aromatic heterocycles. The number of ether oxygens (including phenoxy) is 1. The molecule has 3 aromatic rings. The van der Waals surface area contributed by atoms with Gasteiger partial charge in [0.25, 0.3) is 0 Å². The van der Waals surface area contributed by atoms with Gasteiger partial charge in [-0.1, -0.05) is 17.7 Å². The van der Waals surface area contributed by atoms with Crippen LogP contribution in [0.1, 0.15) is 29.2 Å². The van der Waals surface area contributed by atoms with Gasteiger partial charge in [0.2, 0.25) is 0 Å². The van der Waals surface area contributed by atoms with E-state index in [-0.39, 0.29) is 13.0 Å². The summed E-state index contributed by atoms with van der Waals surface area (Å²) in [5, 5.41) is 20.2. The molecule has 8 heteroatoms. The quantitative estimate of drug-likeness (QED) is 0.524. The summed E-state index contributed by atoms with van der Waals surface area (Å²) in [4.78, 5) is 28.0. The Labute approximate surface area is 199 Å². The van der Waals surface area contributed by atoms with Crippen molar-refractivity contribution in [3.63, 3.8) is 0 Å². The average Bonchev–Trinajstić information content (AvgIpc) is 3.15.